The summed E-state index contributed by atoms with van der Waals surface area (Å²) in [6.45, 7) is 0.201. The Balaban J connectivity index is 1.31. The smallest absolute Gasteiger partial charge is 0.261 e. The van der Waals surface area contributed by atoms with Crippen LogP contribution < -0.4 is 10.1 Å². The molecule has 1 aliphatic rings. The first-order valence-electron chi connectivity index (χ1n) is 9.46. The van der Waals surface area contributed by atoms with E-state index in [4.69, 9.17) is 4.74 Å². The lowest BCUT2D eigenvalue weighted by molar-refractivity contribution is -0.111. The molecular formula is C22H18N4O4S. The molecule has 0 saturated heterocycles. The molecule has 1 aromatic heterocycles. The number of imide groups is 1. The summed E-state index contributed by atoms with van der Waals surface area (Å²) >= 11 is 1.20. The predicted octanol–water partition coefficient (Wildman–Crippen LogP) is 3.04. The molecule has 156 valence electrons. The third kappa shape index (κ3) is 4.51. The number of carbonyl (C=O) groups is 3. The highest BCUT2D eigenvalue weighted by Crippen LogP contribution is 2.23. The lowest BCUT2D eigenvalue weighted by atomic mass is 10.1. The fraction of sp³-hybridized carbons (Fsp3) is 0.136. The Bertz CT molecular complexity index is 1140. The number of hydrogen-bond donors (Lipinski definition) is 1. The van der Waals surface area contributed by atoms with Crippen molar-refractivity contribution in [2.24, 2.45) is 0 Å². The van der Waals surface area contributed by atoms with Crippen LogP contribution in [0.15, 0.2) is 54.6 Å². The highest BCUT2D eigenvalue weighted by molar-refractivity contribution is 7.15. The van der Waals surface area contributed by atoms with Gasteiger partial charge in [0.1, 0.15) is 10.8 Å². The van der Waals surface area contributed by atoms with Gasteiger partial charge in [0.2, 0.25) is 11.0 Å². The van der Waals surface area contributed by atoms with Crippen molar-refractivity contribution in [1.82, 2.24) is 15.1 Å². The summed E-state index contributed by atoms with van der Waals surface area (Å²) in [6.07, 6.45) is 3.45. The summed E-state index contributed by atoms with van der Waals surface area (Å²) < 4.78 is 5.10. The number of nitrogens with one attached hydrogen (secondary N) is 1. The van der Waals surface area contributed by atoms with Crippen molar-refractivity contribution in [3.8, 4) is 5.75 Å². The number of methoxy groups -OCH3 is 1. The zero-order chi connectivity index (χ0) is 21.8. The van der Waals surface area contributed by atoms with Crippen molar-refractivity contribution in [2.45, 2.75) is 6.42 Å². The van der Waals surface area contributed by atoms with E-state index in [1.54, 1.807) is 37.5 Å². The van der Waals surface area contributed by atoms with Gasteiger partial charge in [-0.15, -0.1) is 10.2 Å². The quantitative estimate of drug-likeness (QED) is 0.453. The molecule has 2 heterocycles. The van der Waals surface area contributed by atoms with Crippen LogP contribution in [0.2, 0.25) is 0 Å². The molecule has 0 fully saturated rings. The molecule has 0 bridgehead atoms. The van der Waals surface area contributed by atoms with E-state index in [0.29, 0.717) is 27.7 Å². The van der Waals surface area contributed by atoms with Gasteiger partial charge >= 0.3 is 0 Å². The zero-order valence-corrected chi connectivity index (χ0v) is 17.4. The van der Waals surface area contributed by atoms with E-state index in [9.17, 15) is 14.4 Å². The Kier molecular flexibility index (Phi) is 5.85. The SMILES string of the molecule is COc1ccc(/C=C/C(=O)Nc2nnc(CCN3C(=O)c4ccccc4C3=O)s2)cc1. The third-order valence-electron chi connectivity index (χ3n) is 4.67. The second-order valence-electron chi connectivity index (χ2n) is 6.65. The molecule has 0 unspecified atom stereocenters. The van der Waals surface area contributed by atoms with Gasteiger partial charge < -0.3 is 4.74 Å². The highest BCUT2D eigenvalue weighted by atomic mass is 32.1. The van der Waals surface area contributed by atoms with Crippen molar-refractivity contribution in [3.05, 3.63) is 76.3 Å². The molecule has 1 N–H and O–H groups in total. The van der Waals surface area contributed by atoms with Gasteiger partial charge in [-0.05, 0) is 35.9 Å². The standard InChI is InChI=1S/C22H18N4O4S/c1-30-15-9-6-14(7-10-15)8-11-18(27)23-22-25-24-19(31-22)12-13-26-20(28)16-4-2-3-5-17(16)21(26)29/h2-11H,12-13H2,1H3,(H,23,25,27)/b11-8+. The van der Waals surface area contributed by atoms with E-state index in [-0.39, 0.29) is 24.3 Å². The van der Waals surface area contributed by atoms with Crippen molar-refractivity contribution >= 4 is 40.3 Å². The Labute approximate surface area is 182 Å². The molecule has 3 aromatic rings. The second-order valence-corrected chi connectivity index (χ2v) is 7.72. The van der Waals surface area contributed by atoms with E-state index < -0.39 is 0 Å². The summed E-state index contributed by atoms with van der Waals surface area (Å²) in [4.78, 5) is 38.1. The highest BCUT2D eigenvalue weighted by Gasteiger charge is 2.34. The number of fused-ring (bicyclic) bond motifs is 1. The average Bonchev–Trinajstić information content (AvgIpc) is 3.33. The Morgan fingerprint density at radius 1 is 1.06 bits per heavy atom. The van der Waals surface area contributed by atoms with Gasteiger partial charge in [0.05, 0.1) is 18.2 Å². The lowest BCUT2D eigenvalue weighted by Gasteiger charge is -2.11. The Morgan fingerprint density at radius 3 is 2.39 bits per heavy atom. The maximum absolute atomic E-state index is 12.4. The van der Waals surface area contributed by atoms with E-state index in [0.717, 1.165) is 11.3 Å². The lowest BCUT2D eigenvalue weighted by Crippen LogP contribution is -2.31. The fourth-order valence-corrected chi connectivity index (χ4v) is 3.82. The van der Waals surface area contributed by atoms with Gasteiger partial charge in [-0.2, -0.15) is 0 Å². The minimum atomic E-state index is -0.334. The number of rotatable bonds is 7. The third-order valence-corrected chi connectivity index (χ3v) is 5.57. The molecule has 0 atom stereocenters. The summed E-state index contributed by atoms with van der Waals surface area (Å²) in [7, 11) is 1.59. The molecule has 8 nitrogen and oxygen atoms in total. The number of aromatic nitrogens is 2. The van der Waals surface area contributed by atoms with Crippen LogP contribution in [0, 0.1) is 0 Å². The molecule has 2 aromatic carbocycles. The van der Waals surface area contributed by atoms with Crippen LogP contribution in [0.1, 0.15) is 31.3 Å². The van der Waals surface area contributed by atoms with E-state index in [2.05, 4.69) is 15.5 Å². The Hall–Kier alpha value is -3.85. The van der Waals surface area contributed by atoms with E-state index >= 15 is 0 Å². The molecule has 3 amide bonds. The molecule has 4 rings (SSSR count). The summed E-state index contributed by atoms with van der Waals surface area (Å²) in [5, 5.41) is 11.6. The summed E-state index contributed by atoms with van der Waals surface area (Å²) in [5.41, 5.74) is 1.69. The van der Waals surface area contributed by atoms with Gasteiger partial charge in [0, 0.05) is 19.0 Å². The first kappa shape index (κ1) is 20.4. The number of nitrogens with zero attached hydrogens (tertiary/aromatic N) is 3. The maximum Gasteiger partial charge on any atom is 0.261 e. The number of carbonyl (C=O) groups excluding carboxylic acids is 3. The minimum Gasteiger partial charge on any atom is -0.497 e. The predicted molar refractivity (Wildman–Crippen MR) is 116 cm³/mol. The van der Waals surface area contributed by atoms with Crippen LogP contribution in [0.25, 0.3) is 6.08 Å². The van der Waals surface area contributed by atoms with Gasteiger partial charge in [-0.1, -0.05) is 35.6 Å². The number of ether oxygens (including phenoxy) is 1. The molecule has 1 aliphatic heterocycles. The molecule has 0 radical (unpaired) electrons. The molecule has 31 heavy (non-hydrogen) atoms. The molecule has 0 spiro atoms. The molecule has 9 heteroatoms. The van der Waals surface area contributed by atoms with Crippen LogP contribution in [-0.2, 0) is 11.2 Å². The summed E-state index contributed by atoms with van der Waals surface area (Å²) in [5.74, 6) is -0.201. The van der Waals surface area contributed by atoms with Crippen LogP contribution in [-0.4, -0.2) is 46.5 Å². The molecule has 0 saturated carbocycles. The first-order chi connectivity index (χ1) is 15.0. The number of benzene rings is 2. The van der Waals surface area contributed by atoms with Gasteiger partial charge in [0.15, 0.2) is 0 Å². The van der Waals surface area contributed by atoms with Crippen LogP contribution in [0.4, 0.5) is 5.13 Å². The van der Waals surface area contributed by atoms with E-state index in [1.807, 2.05) is 24.3 Å². The zero-order valence-electron chi connectivity index (χ0n) is 16.6. The Morgan fingerprint density at radius 2 is 1.74 bits per heavy atom. The maximum atomic E-state index is 12.4. The van der Waals surface area contributed by atoms with Crippen LogP contribution in [0.5, 0.6) is 5.75 Å². The van der Waals surface area contributed by atoms with Gasteiger partial charge in [-0.3, -0.25) is 24.6 Å². The van der Waals surface area contributed by atoms with Crippen molar-refractivity contribution in [3.63, 3.8) is 0 Å². The average molecular weight is 434 g/mol. The molecule has 0 aliphatic carbocycles. The van der Waals surface area contributed by atoms with Gasteiger partial charge in [-0.25, -0.2) is 0 Å². The van der Waals surface area contributed by atoms with Crippen molar-refractivity contribution in [1.29, 1.82) is 0 Å². The van der Waals surface area contributed by atoms with Crippen molar-refractivity contribution in [2.75, 3.05) is 19.0 Å². The fourth-order valence-electron chi connectivity index (χ4n) is 3.09. The number of hydrogen-bond acceptors (Lipinski definition) is 7. The van der Waals surface area contributed by atoms with Crippen LogP contribution >= 0.6 is 11.3 Å². The largest absolute Gasteiger partial charge is 0.497 e. The van der Waals surface area contributed by atoms with Gasteiger partial charge in [0.25, 0.3) is 11.8 Å². The normalized spacial score (nSPS) is 13.0. The van der Waals surface area contributed by atoms with E-state index in [1.165, 1.54) is 22.3 Å². The molecular weight excluding hydrogens is 416 g/mol. The monoisotopic (exact) mass is 434 g/mol. The number of amides is 3. The van der Waals surface area contributed by atoms with Crippen LogP contribution in [0.3, 0.4) is 0 Å². The second kappa shape index (κ2) is 8.88. The topological polar surface area (TPSA) is 101 Å². The summed E-state index contributed by atoms with van der Waals surface area (Å²) in [6, 6.07) is 14.1. The minimum absolute atomic E-state index is 0.201. The number of anilines is 1. The van der Waals surface area contributed by atoms with Crippen molar-refractivity contribution < 1.29 is 19.1 Å². The first-order valence-corrected chi connectivity index (χ1v) is 10.3.